The molecule has 0 aromatic carbocycles. The highest BCUT2D eigenvalue weighted by Crippen LogP contribution is 2.11. The molecule has 0 aromatic heterocycles. The maximum absolute atomic E-state index is 3.63. The molecule has 2 aliphatic rings. The predicted molar refractivity (Wildman–Crippen MR) is 64.2 cm³/mol. The number of hydrogen-bond acceptors (Lipinski definition) is 3. The second-order valence-corrected chi connectivity index (χ2v) is 5.08. The average molecular weight is 211 g/mol. The Labute approximate surface area is 93.8 Å². The van der Waals surface area contributed by atoms with Crippen molar-refractivity contribution in [2.24, 2.45) is 0 Å². The standard InChI is InChI=1S/C12H25N3/c1-14-8-10-15(11-9-14)7-5-12-4-2-3-6-13-12/h12-13H,2-11H2,1H3. The smallest absolute Gasteiger partial charge is 0.0110 e. The maximum atomic E-state index is 3.63. The summed E-state index contributed by atoms with van der Waals surface area (Å²) >= 11 is 0. The van der Waals surface area contributed by atoms with Crippen LogP contribution in [-0.4, -0.2) is 62.2 Å². The first kappa shape index (κ1) is 11.4. The third kappa shape index (κ3) is 3.74. The molecule has 0 aromatic rings. The van der Waals surface area contributed by atoms with Crippen LogP contribution in [0.2, 0.25) is 0 Å². The van der Waals surface area contributed by atoms with E-state index in [0.29, 0.717) is 0 Å². The largest absolute Gasteiger partial charge is 0.314 e. The first-order chi connectivity index (χ1) is 7.34. The number of piperidine rings is 1. The van der Waals surface area contributed by atoms with Crippen LogP contribution in [0.5, 0.6) is 0 Å². The van der Waals surface area contributed by atoms with E-state index in [1.807, 2.05) is 0 Å². The first-order valence-electron chi connectivity index (χ1n) is 6.49. The number of likely N-dealkylation sites (N-methyl/N-ethyl adjacent to an activating group) is 1. The van der Waals surface area contributed by atoms with Crippen LogP contribution in [0.15, 0.2) is 0 Å². The van der Waals surface area contributed by atoms with Gasteiger partial charge in [0.1, 0.15) is 0 Å². The van der Waals surface area contributed by atoms with Crippen LogP contribution in [0.4, 0.5) is 0 Å². The summed E-state index contributed by atoms with van der Waals surface area (Å²) in [4.78, 5) is 5.05. The fraction of sp³-hybridized carbons (Fsp3) is 1.00. The number of nitrogens with zero attached hydrogens (tertiary/aromatic N) is 2. The molecule has 2 aliphatic heterocycles. The van der Waals surface area contributed by atoms with Crippen LogP contribution in [0.25, 0.3) is 0 Å². The highest BCUT2D eigenvalue weighted by Gasteiger charge is 2.16. The van der Waals surface area contributed by atoms with Gasteiger partial charge >= 0.3 is 0 Å². The van der Waals surface area contributed by atoms with E-state index in [4.69, 9.17) is 0 Å². The molecule has 1 atom stereocenters. The summed E-state index contributed by atoms with van der Waals surface area (Å²) < 4.78 is 0. The summed E-state index contributed by atoms with van der Waals surface area (Å²) in [6, 6.07) is 0.804. The maximum Gasteiger partial charge on any atom is 0.0110 e. The van der Waals surface area contributed by atoms with Gasteiger partial charge in [0.2, 0.25) is 0 Å². The normalized spacial score (nSPS) is 30.6. The fourth-order valence-corrected chi connectivity index (χ4v) is 2.58. The van der Waals surface area contributed by atoms with Gasteiger partial charge in [0.05, 0.1) is 0 Å². The monoisotopic (exact) mass is 211 g/mol. The quantitative estimate of drug-likeness (QED) is 0.744. The molecule has 2 saturated heterocycles. The molecule has 3 heteroatoms. The van der Waals surface area contributed by atoms with Crippen molar-refractivity contribution in [1.82, 2.24) is 15.1 Å². The summed E-state index contributed by atoms with van der Waals surface area (Å²) in [5.74, 6) is 0. The Balaban J connectivity index is 1.60. The van der Waals surface area contributed by atoms with Gasteiger partial charge in [0.25, 0.3) is 0 Å². The highest BCUT2D eigenvalue weighted by molar-refractivity contribution is 4.76. The van der Waals surface area contributed by atoms with Gasteiger partial charge < -0.3 is 15.1 Å². The SMILES string of the molecule is CN1CCN(CCC2CCCCN2)CC1. The summed E-state index contributed by atoms with van der Waals surface area (Å²) in [6.45, 7) is 7.57. The van der Waals surface area contributed by atoms with Gasteiger partial charge in [-0.25, -0.2) is 0 Å². The zero-order valence-corrected chi connectivity index (χ0v) is 10.0. The topological polar surface area (TPSA) is 18.5 Å². The molecule has 2 heterocycles. The molecule has 88 valence electrons. The van der Waals surface area contributed by atoms with E-state index in [2.05, 4.69) is 22.2 Å². The zero-order chi connectivity index (χ0) is 10.5. The molecular weight excluding hydrogens is 186 g/mol. The van der Waals surface area contributed by atoms with Crippen LogP contribution in [0.3, 0.4) is 0 Å². The van der Waals surface area contributed by atoms with Crippen LogP contribution in [0, 0.1) is 0 Å². The molecule has 0 bridgehead atoms. The second kappa shape index (κ2) is 5.83. The van der Waals surface area contributed by atoms with E-state index in [9.17, 15) is 0 Å². The van der Waals surface area contributed by atoms with Gasteiger partial charge in [-0.05, 0) is 39.4 Å². The third-order valence-corrected chi connectivity index (χ3v) is 3.80. The predicted octanol–water partition coefficient (Wildman–Crippen LogP) is 0.766. The van der Waals surface area contributed by atoms with Crippen molar-refractivity contribution in [2.45, 2.75) is 31.7 Å². The lowest BCUT2D eigenvalue weighted by atomic mass is 10.0. The molecule has 0 saturated carbocycles. The van der Waals surface area contributed by atoms with E-state index in [0.717, 1.165) is 6.04 Å². The van der Waals surface area contributed by atoms with Crippen molar-refractivity contribution in [3.63, 3.8) is 0 Å². The van der Waals surface area contributed by atoms with Gasteiger partial charge in [-0.15, -0.1) is 0 Å². The van der Waals surface area contributed by atoms with Gasteiger partial charge in [0.15, 0.2) is 0 Å². The van der Waals surface area contributed by atoms with Gasteiger partial charge in [-0.1, -0.05) is 6.42 Å². The minimum Gasteiger partial charge on any atom is -0.314 e. The van der Waals surface area contributed by atoms with E-state index in [1.54, 1.807) is 0 Å². The Morgan fingerprint density at radius 2 is 1.93 bits per heavy atom. The number of rotatable bonds is 3. The molecule has 0 amide bonds. The molecule has 0 aliphatic carbocycles. The van der Waals surface area contributed by atoms with Crippen molar-refractivity contribution in [2.75, 3.05) is 46.3 Å². The Bertz CT molecular complexity index is 170. The Hall–Kier alpha value is -0.120. The van der Waals surface area contributed by atoms with Crippen LogP contribution < -0.4 is 5.32 Å². The van der Waals surface area contributed by atoms with Crippen molar-refractivity contribution in [3.8, 4) is 0 Å². The second-order valence-electron chi connectivity index (χ2n) is 5.08. The van der Waals surface area contributed by atoms with Crippen LogP contribution in [0.1, 0.15) is 25.7 Å². The minimum atomic E-state index is 0.804. The summed E-state index contributed by atoms with van der Waals surface area (Å²) in [5, 5.41) is 3.63. The third-order valence-electron chi connectivity index (χ3n) is 3.80. The molecule has 2 fully saturated rings. The Kier molecular flexibility index (Phi) is 4.42. The number of hydrogen-bond donors (Lipinski definition) is 1. The number of piperazine rings is 1. The lowest BCUT2D eigenvalue weighted by Gasteiger charge is -2.33. The Morgan fingerprint density at radius 3 is 2.60 bits per heavy atom. The lowest BCUT2D eigenvalue weighted by molar-refractivity contribution is 0.147. The molecule has 0 radical (unpaired) electrons. The van der Waals surface area contributed by atoms with Gasteiger partial charge in [-0.2, -0.15) is 0 Å². The molecule has 15 heavy (non-hydrogen) atoms. The average Bonchev–Trinajstić information content (AvgIpc) is 2.30. The molecule has 2 rings (SSSR count). The van der Waals surface area contributed by atoms with Crippen LogP contribution >= 0.6 is 0 Å². The zero-order valence-electron chi connectivity index (χ0n) is 10.0. The summed E-state index contributed by atoms with van der Waals surface area (Å²) in [5.41, 5.74) is 0. The summed E-state index contributed by atoms with van der Waals surface area (Å²) in [6.07, 6.45) is 5.56. The lowest BCUT2D eigenvalue weighted by Crippen LogP contribution is -2.46. The van der Waals surface area contributed by atoms with Crippen molar-refractivity contribution in [1.29, 1.82) is 0 Å². The molecule has 1 unspecified atom stereocenters. The van der Waals surface area contributed by atoms with Crippen molar-refractivity contribution >= 4 is 0 Å². The molecule has 3 nitrogen and oxygen atoms in total. The first-order valence-corrected chi connectivity index (χ1v) is 6.49. The van der Waals surface area contributed by atoms with E-state index < -0.39 is 0 Å². The minimum absolute atomic E-state index is 0.804. The van der Waals surface area contributed by atoms with Crippen LogP contribution in [-0.2, 0) is 0 Å². The van der Waals surface area contributed by atoms with Crippen molar-refractivity contribution < 1.29 is 0 Å². The van der Waals surface area contributed by atoms with E-state index in [-0.39, 0.29) is 0 Å². The fourth-order valence-electron chi connectivity index (χ4n) is 2.58. The van der Waals surface area contributed by atoms with Gasteiger partial charge in [0, 0.05) is 32.2 Å². The highest BCUT2D eigenvalue weighted by atomic mass is 15.2. The summed E-state index contributed by atoms with van der Waals surface area (Å²) in [7, 11) is 2.22. The Morgan fingerprint density at radius 1 is 1.13 bits per heavy atom. The molecule has 0 spiro atoms. The van der Waals surface area contributed by atoms with Gasteiger partial charge in [-0.3, -0.25) is 0 Å². The number of nitrogens with one attached hydrogen (secondary N) is 1. The van der Waals surface area contributed by atoms with E-state index >= 15 is 0 Å². The molecule has 1 N–H and O–H groups in total. The van der Waals surface area contributed by atoms with Crippen molar-refractivity contribution in [3.05, 3.63) is 0 Å². The van der Waals surface area contributed by atoms with E-state index in [1.165, 1.54) is 65.0 Å². The molecular formula is C12H25N3.